The molecule has 0 radical (unpaired) electrons. The average Bonchev–Trinajstić information content (AvgIpc) is 3.23. The molecule has 2 aromatic rings. The first-order chi connectivity index (χ1) is 13.5. The number of esters is 1. The van der Waals surface area contributed by atoms with Gasteiger partial charge in [0, 0.05) is 16.5 Å². The van der Waals surface area contributed by atoms with E-state index in [1.54, 1.807) is 26.2 Å². The fourth-order valence-corrected chi connectivity index (χ4v) is 4.76. The first-order valence-electron chi connectivity index (χ1n) is 9.09. The van der Waals surface area contributed by atoms with Gasteiger partial charge in [-0.3, -0.25) is 4.79 Å². The van der Waals surface area contributed by atoms with E-state index in [4.69, 9.17) is 14.2 Å². The molecule has 1 aromatic carbocycles. The zero-order valence-electron chi connectivity index (χ0n) is 15.8. The monoisotopic (exact) mass is 467 g/mol. The summed E-state index contributed by atoms with van der Waals surface area (Å²) in [6, 6.07) is 5.24. The number of ether oxygens (including phenoxy) is 3. The summed E-state index contributed by atoms with van der Waals surface area (Å²) in [6.45, 7) is 2.81. The molecule has 1 amide bonds. The van der Waals surface area contributed by atoms with Crippen LogP contribution >= 0.6 is 27.3 Å². The molecule has 150 valence electrons. The molecule has 0 saturated carbocycles. The minimum Gasteiger partial charge on any atom is -0.490 e. The summed E-state index contributed by atoms with van der Waals surface area (Å²) < 4.78 is 16.7. The number of aryl methyl sites for hydroxylation is 1. The molecule has 1 aromatic heterocycles. The van der Waals surface area contributed by atoms with E-state index < -0.39 is 0 Å². The molecular weight excluding hydrogens is 446 g/mol. The van der Waals surface area contributed by atoms with Gasteiger partial charge in [-0.05, 0) is 49.9 Å². The summed E-state index contributed by atoms with van der Waals surface area (Å²) in [7, 11) is 1.59. The highest BCUT2D eigenvalue weighted by molar-refractivity contribution is 9.10. The van der Waals surface area contributed by atoms with E-state index >= 15 is 0 Å². The van der Waals surface area contributed by atoms with Gasteiger partial charge in [-0.15, -0.1) is 11.3 Å². The number of carbonyl (C=O) groups excluding carboxylic acids is 2. The number of fused-ring (bicyclic) bond motifs is 1. The van der Waals surface area contributed by atoms with Gasteiger partial charge in [0.2, 0.25) is 0 Å². The Balaban J connectivity index is 1.88. The summed E-state index contributed by atoms with van der Waals surface area (Å²) in [6.07, 6.45) is 2.77. The second kappa shape index (κ2) is 9.54. The van der Waals surface area contributed by atoms with Crippen LogP contribution in [0.15, 0.2) is 22.7 Å². The highest BCUT2D eigenvalue weighted by Gasteiger charge is 2.29. The summed E-state index contributed by atoms with van der Waals surface area (Å²) >= 11 is 4.85. The summed E-state index contributed by atoms with van der Waals surface area (Å²) in [5, 5.41) is 3.44. The number of thiophene rings is 1. The van der Waals surface area contributed by atoms with Gasteiger partial charge in [-0.25, -0.2) is 4.79 Å². The largest absolute Gasteiger partial charge is 0.490 e. The average molecular weight is 468 g/mol. The van der Waals surface area contributed by atoms with Crippen LogP contribution in [0.2, 0.25) is 0 Å². The van der Waals surface area contributed by atoms with Crippen LogP contribution in [0, 0.1) is 0 Å². The molecule has 0 spiro atoms. The number of nitrogens with one attached hydrogen (secondary N) is 1. The van der Waals surface area contributed by atoms with Crippen LogP contribution in [0.3, 0.4) is 0 Å². The van der Waals surface area contributed by atoms with E-state index in [1.165, 1.54) is 11.3 Å². The Kier molecular flexibility index (Phi) is 7.09. The van der Waals surface area contributed by atoms with Crippen LogP contribution in [0.1, 0.15) is 44.5 Å². The van der Waals surface area contributed by atoms with Gasteiger partial charge < -0.3 is 19.5 Å². The van der Waals surface area contributed by atoms with Crippen molar-refractivity contribution in [2.75, 3.05) is 32.2 Å². The quantitative estimate of drug-likeness (QED) is 0.458. The molecule has 3 rings (SSSR count). The third-order valence-corrected chi connectivity index (χ3v) is 6.06. The molecule has 0 saturated heterocycles. The molecule has 0 aliphatic heterocycles. The Hall–Kier alpha value is -1.90. The van der Waals surface area contributed by atoms with E-state index in [9.17, 15) is 9.59 Å². The number of hydrogen-bond acceptors (Lipinski definition) is 6. The highest BCUT2D eigenvalue weighted by Crippen LogP contribution is 2.40. The molecule has 8 heteroatoms. The lowest BCUT2D eigenvalue weighted by molar-refractivity contribution is 0.0527. The van der Waals surface area contributed by atoms with Crippen LogP contribution in [-0.2, 0) is 22.3 Å². The topological polar surface area (TPSA) is 73.9 Å². The molecule has 28 heavy (non-hydrogen) atoms. The Bertz CT molecular complexity index is 880. The zero-order chi connectivity index (χ0) is 20.1. The van der Waals surface area contributed by atoms with Gasteiger partial charge in [0.1, 0.15) is 17.4 Å². The lowest BCUT2D eigenvalue weighted by Gasteiger charge is -2.12. The van der Waals surface area contributed by atoms with Crippen molar-refractivity contribution in [3.05, 3.63) is 44.2 Å². The number of halogens is 1. The maximum absolute atomic E-state index is 13.0. The number of rotatable bonds is 8. The molecule has 1 aliphatic rings. The van der Waals surface area contributed by atoms with Crippen molar-refractivity contribution in [3.8, 4) is 5.75 Å². The van der Waals surface area contributed by atoms with Crippen molar-refractivity contribution >= 4 is 44.1 Å². The van der Waals surface area contributed by atoms with E-state index in [-0.39, 0.29) is 11.9 Å². The molecular formula is C20H22BrNO5S. The van der Waals surface area contributed by atoms with Gasteiger partial charge in [-0.1, -0.05) is 15.9 Å². The van der Waals surface area contributed by atoms with E-state index in [1.807, 2.05) is 6.07 Å². The molecule has 0 bridgehead atoms. The number of hydrogen-bond donors (Lipinski definition) is 1. The molecule has 1 N–H and O–H groups in total. The Morgan fingerprint density at radius 2 is 2.07 bits per heavy atom. The van der Waals surface area contributed by atoms with Crippen molar-refractivity contribution in [1.82, 2.24) is 0 Å². The van der Waals surface area contributed by atoms with Gasteiger partial charge in [0.25, 0.3) is 5.91 Å². The maximum atomic E-state index is 13.0. The standard InChI is InChI=1S/C20H22BrNO5S/c1-3-26-20(24)17-13-5-4-6-16(13)28-19(17)22-18(23)14-11-12(21)7-8-15(14)27-10-9-25-2/h7-8,11H,3-6,9-10H2,1-2H3,(H,22,23). The number of amides is 1. The van der Waals surface area contributed by atoms with Gasteiger partial charge in [0.15, 0.2) is 0 Å². The van der Waals surface area contributed by atoms with Crippen LogP contribution in [0.25, 0.3) is 0 Å². The van der Waals surface area contributed by atoms with Crippen LogP contribution in [0.4, 0.5) is 5.00 Å². The smallest absolute Gasteiger partial charge is 0.341 e. The molecule has 0 fully saturated rings. The van der Waals surface area contributed by atoms with E-state index in [0.717, 1.165) is 34.2 Å². The Morgan fingerprint density at radius 3 is 2.82 bits per heavy atom. The third kappa shape index (κ3) is 4.56. The summed E-state index contributed by atoms with van der Waals surface area (Å²) in [5.41, 5.74) is 1.88. The SMILES string of the molecule is CCOC(=O)c1c(NC(=O)c2cc(Br)ccc2OCCOC)sc2c1CCC2. The number of benzene rings is 1. The summed E-state index contributed by atoms with van der Waals surface area (Å²) in [5.74, 6) is -0.262. The van der Waals surface area contributed by atoms with Crippen LogP contribution < -0.4 is 10.1 Å². The van der Waals surface area contributed by atoms with Gasteiger partial charge in [-0.2, -0.15) is 0 Å². The van der Waals surface area contributed by atoms with Crippen LogP contribution in [0.5, 0.6) is 5.75 Å². The number of anilines is 1. The highest BCUT2D eigenvalue weighted by atomic mass is 79.9. The lowest BCUT2D eigenvalue weighted by atomic mass is 10.1. The third-order valence-electron chi connectivity index (χ3n) is 4.36. The van der Waals surface area contributed by atoms with Crippen molar-refractivity contribution in [2.24, 2.45) is 0 Å². The molecule has 0 unspecified atom stereocenters. The first kappa shape index (κ1) is 20.8. The second-order valence-electron chi connectivity index (χ2n) is 6.22. The van der Waals surface area contributed by atoms with E-state index in [2.05, 4.69) is 21.2 Å². The molecule has 1 heterocycles. The van der Waals surface area contributed by atoms with Gasteiger partial charge in [0.05, 0.1) is 24.3 Å². The van der Waals surface area contributed by atoms with Crippen molar-refractivity contribution in [1.29, 1.82) is 0 Å². The number of methoxy groups -OCH3 is 1. The fourth-order valence-electron chi connectivity index (χ4n) is 3.12. The van der Waals surface area contributed by atoms with Crippen molar-refractivity contribution in [3.63, 3.8) is 0 Å². The predicted molar refractivity (Wildman–Crippen MR) is 112 cm³/mol. The van der Waals surface area contributed by atoms with Crippen molar-refractivity contribution < 1.29 is 23.8 Å². The van der Waals surface area contributed by atoms with Crippen LogP contribution in [-0.4, -0.2) is 38.8 Å². The Labute approximate surface area is 176 Å². The molecule has 1 aliphatic carbocycles. The normalized spacial score (nSPS) is 12.5. The minimum atomic E-state index is -0.386. The molecule has 0 atom stereocenters. The lowest BCUT2D eigenvalue weighted by Crippen LogP contribution is -2.17. The maximum Gasteiger partial charge on any atom is 0.341 e. The number of carbonyl (C=O) groups is 2. The predicted octanol–water partition coefficient (Wildman–Crippen LogP) is 4.45. The van der Waals surface area contributed by atoms with Gasteiger partial charge >= 0.3 is 5.97 Å². The molecule has 6 nitrogen and oxygen atoms in total. The van der Waals surface area contributed by atoms with Crippen molar-refractivity contribution in [2.45, 2.75) is 26.2 Å². The minimum absolute atomic E-state index is 0.292. The first-order valence-corrected chi connectivity index (χ1v) is 10.7. The second-order valence-corrected chi connectivity index (χ2v) is 8.24. The zero-order valence-corrected chi connectivity index (χ0v) is 18.2. The summed E-state index contributed by atoms with van der Waals surface area (Å²) in [4.78, 5) is 26.6. The fraction of sp³-hybridized carbons (Fsp3) is 0.400. The van der Waals surface area contributed by atoms with E-state index in [0.29, 0.717) is 41.7 Å². The Morgan fingerprint density at radius 1 is 1.25 bits per heavy atom.